The van der Waals surface area contributed by atoms with Gasteiger partial charge in [0.1, 0.15) is 10.6 Å². The van der Waals surface area contributed by atoms with Gasteiger partial charge in [0.15, 0.2) is 11.6 Å². The molecule has 0 bridgehead atoms. The second-order valence-corrected chi connectivity index (χ2v) is 4.49. The van der Waals surface area contributed by atoms with Crippen molar-refractivity contribution < 1.29 is 9.59 Å². The van der Waals surface area contributed by atoms with E-state index in [0.717, 1.165) is 0 Å². The van der Waals surface area contributed by atoms with Crippen LogP contribution in [0.4, 0.5) is 0 Å². The molecule has 0 N–H and O–H groups in total. The fourth-order valence-electron chi connectivity index (χ4n) is 1.26. The highest BCUT2D eigenvalue weighted by Gasteiger charge is 2.48. The lowest BCUT2D eigenvalue weighted by Crippen LogP contribution is -2.19. The molecular formula is C9H10ClN3O2. The van der Waals surface area contributed by atoms with Crippen LogP contribution >= 0.6 is 11.6 Å². The van der Waals surface area contributed by atoms with E-state index in [1.807, 2.05) is 0 Å². The third-order valence-electron chi connectivity index (χ3n) is 2.40. The Morgan fingerprint density at radius 2 is 2.27 bits per heavy atom. The summed E-state index contributed by atoms with van der Waals surface area (Å²) in [4.78, 5) is 22.3. The lowest BCUT2D eigenvalue weighted by molar-refractivity contribution is -0.118. The molecule has 0 radical (unpaired) electrons. The predicted octanol–water partition coefficient (Wildman–Crippen LogP) is 0.728. The lowest BCUT2D eigenvalue weighted by atomic mass is 10.1. The van der Waals surface area contributed by atoms with Gasteiger partial charge in [-0.25, -0.2) is 0 Å². The monoisotopic (exact) mass is 227 g/mol. The number of carbonyl (C=O) groups excluding carboxylic acids is 2. The predicted molar refractivity (Wildman–Crippen MR) is 52.8 cm³/mol. The third-order valence-corrected chi connectivity index (χ3v) is 2.99. The molecule has 0 aliphatic heterocycles. The highest BCUT2D eigenvalue weighted by atomic mass is 35.5. The normalized spacial score (nSPS) is 17.5. The fourth-order valence-corrected chi connectivity index (χ4v) is 1.42. The first-order valence-electron chi connectivity index (χ1n) is 4.63. The molecule has 1 fully saturated rings. The molecule has 0 unspecified atom stereocenters. The van der Waals surface area contributed by atoms with Crippen LogP contribution in [0.25, 0.3) is 0 Å². The van der Waals surface area contributed by atoms with E-state index >= 15 is 0 Å². The lowest BCUT2D eigenvalue weighted by Gasteiger charge is -2.01. The average Bonchev–Trinajstić information content (AvgIpc) is 2.77. The maximum Gasteiger partial charge on any atom is 0.192 e. The molecule has 0 spiro atoms. The largest absolute Gasteiger partial charge is 0.297 e. The second-order valence-electron chi connectivity index (χ2n) is 3.77. The van der Waals surface area contributed by atoms with Gasteiger partial charge >= 0.3 is 0 Å². The van der Waals surface area contributed by atoms with Gasteiger partial charge in [-0.15, -0.1) is 16.7 Å². The minimum absolute atomic E-state index is 0.178. The van der Waals surface area contributed by atoms with Crippen molar-refractivity contribution in [1.82, 2.24) is 15.0 Å². The zero-order chi connectivity index (χ0) is 11.1. The Morgan fingerprint density at radius 3 is 2.73 bits per heavy atom. The first-order chi connectivity index (χ1) is 7.01. The molecule has 2 rings (SSSR count). The maximum atomic E-state index is 11.5. The summed E-state index contributed by atoms with van der Waals surface area (Å²) < 4.78 is 1.42. The van der Waals surface area contributed by atoms with Crippen molar-refractivity contribution >= 4 is 23.2 Å². The van der Waals surface area contributed by atoms with Crippen LogP contribution in [-0.4, -0.2) is 31.4 Å². The molecular weight excluding hydrogens is 218 g/mol. The molecule has 1 aliphatic rings. The molecule has 15 heavy (non-hydrogen) atoms. The van der Waals surface area contributed by atoms with Crippen LogP contribution < -0.4 is 0 Å². The standard InChI is InChI=1S/C9H10ClN3O2/c1-13-5-6(11-12-13)7(14)4-8(15)9(10)2-3-9/h5H,2-4H2,1H3. The number of aryl methyl sites for hydroxylation is 1. The summed E-state index contributed by atoms with van der Waals surface area (Å²) in [6.07, 6.45) is 2.65. The quantitative estimate of drug-likeness (QED) is 0.432. The van der Waals surface area contributed by atoms with Crippen molar-refractivity contribution in [3.05, 3.63) is 11.9 Å². The van der Waals surface area contributed by atoms with Gasteiger partial charge in [0.2, 0.25) is 0 Å². The summed E-state index contributed by atoms with van der Waals surface area (Å²) in [5, 5.41) is 7.26. The second kappa shape index (κ2) is 3.41. The highest BCUT2D eigenvalue weighted by Crippen LogP contribution is 2.44. The van der Waals surface area contributed by atoms with Crippen molar-refractivity contribution in [1.29, 1.82) is 0 Å². The van der Waals surface area contributed by atoms with Crippen LogP contribution in [0.5, 0.6) is 0 Å². The van der Waals surface area contributed by atoms with E-state index in [9.17, 15) is 9.59 Å². The minimum atomic E-state index is -0.766. The van der Waals surface area contributed by atoms with Crippen molar-refractivity contribution in [2.24, 2.45) is 7.05 Å². The smallest absolute Gasteiger partial charge is 0.192 e. The number of rotatable bonds is 4. The molecule has 1 saturated carbocycles. The Bertz CT molecular complexity index is 423. The average molecular weight is 228 g/mol. The van der Waals surface area contributed by atoms with E-state index in [1.165, 1.54) is 10.9 Å². The first kappa shape index (κ1) is 10.3. The molecule has 0 atom stereocenters. The number of aromatic nitrogens is 3. The van der Waals surface area contributed by atoms with Gasteiger partial charge in [-0.3, -0.25) is 14.3 Å². The van der Waals surface area contributed by atoms with Crippen molar-refractivity contribution in [2.75, 3.05) is 0 Å². The van der Waals surface area contributed by atoms with Gasteiger partial charge in [0, 0.05) is 7.05 Å². The molecule has 6 heteroatoms. The zero-order valence-electron chi connectivity index (χ0n) is 8.23. The van der Waals surface area contributed by atoms with E-state index < -0.39 is 4.87 Å². The summed E-state index contributed by atoms with van der Waals surface area (Å²) in [5.74, 6) is -0.528. The van der Waals surface area contributed by atoms with Gasteiger partial charge in [-0.05, 0) is 12.8 Å². The number of hydrogen-bond acceptors (Lipinski definition) is 4. The molecule has 1 aromatic heterocycles. The molecule has 0 aromatic carbocycles. The molecule has 1 aliphatic carbocycles. The SMILES string of the molecule is Cn1cc(C(=O)CC(=O)C2(Cl)CC2)nn1. The molecule has 0 amide bonds. The summed E-state index contributed by atoms with van der Waals surface area (Å²) in [6.45, 7) is 0. The molecule has 1 heterocycles. The van der Waals surface area contributed by atoms with Gasteiger partial charge in [0.25, 0.3) is 0 Å². The summed E-state index contributed by atoms with van der Waals surface area (Å²) >= 11 is 5.89. The third kappa shape index (κ3) is 2.07. The van der Waals surface area contributed by atoms with Gasteiger partial charge in [-0.1, -0.05) is 5.21 Å². The molecule has 0 saturated heterocycles. The van der Waals surface area contributed by atoms with Crippen molar-refractivity contribution in [2.45, 2.75) is 24.1 Å². The number of hydrogen-bond donors (Lipinski definition) is 0. The Morgan fingerprint density at radius 1 is 1.60 bits per heavy atom. The number of ketones is 2. The van der Waals surface area contributed by atoms with Gasteiger partial charge < -0.3 is 0 Å². The number of alkyl halides is 1. The van der Waals surface area contributed by atoms with E-state index in [2.05, 4.69) is 10.3 Å². The maximum absolute atomic E-state index is 11.5. The Kier molecular flexibility index (Phi) is 2.34. The van der Waals surface area contributed by atoms with Crippen LogP contribution in [0.2, 0.25) is 0 Å². The summed E-state index contributed by atoms with van der Waals surface area (Å²) in [6, 6.07) is 0. The van der Waals surface area contributed by atoms with Crippen LogP contribution in [0.3, 0.4) is 0 Å². The van der Waals surface area contributed by atoms with Crippen molar-refractivity contribution in [3.63, 3.8) is 0 Å². The fraction of sp³-hybridized carbons (Fsp3) is 0.556. The number of Topliss-reactive ketones (excluding diaryl/α,β-unsaturated/α-hetero) is 2. The van der Waals surface area contributed by atoms with Gasteiger partial charge in [-0.2, -0.15) is 0 Å². The van der Waals surface area contributed by atoms with Crippen LogP contribution in [0, 0.1) is 0 Å². The van der Waals surface area contributed by atoms with Crippen LogP contribution in [0.1, 0.15) is 29.8 Å². The Hall–Kier alpha value is -1.23. The molecule has 80 valence electrons. The minimum Gasteiger partial charge on any atom is -0.297 e. The van der Waals surface area contributed by atoms with E-state index in [-0.39, 0.29) is 23.7 Å². The number of halogens is 1. The summed E-state index contributed by atoms with van der Waals surface area (Å²) in [7, 11) is 1.66. The van der Waals surface area contributed by atoms with E-state index in [0.29, 0.717) is 12.8 Å². The highest BCUT2D eigenvalue weighted by molar-refractivity contribution is 6.39. The Balaban J connectivity index is 2.01. The number of nitrogens with zero attached hydrogens (tertiary/aromatic N) is 3. The summed E-state index contributed by atoms with van der Waals surface area (Å²) in [5.41, 5.74) is 0.215. The van der Waals surface area contributed by atoms with Crippen LogP contribution in [0.15, 0.2) is 6.20 Å². The topological polar surface area (TPSA) is 64.8 Å². The Labute approximate surface area is 91.4 Å². The first-order valence-corrected chi connectivity index (χ1v) is 5.01. The number of carbonyl (C=O) groups is 2. The van der Waals surface area contributed by atoms with Crippen molar-refractivity contribution in [3.8, 4) is 0 Å². The van der Waals surface area contributed by atoms with Gasteiger partial charge in [0.05, 0.1) is 12.6 Å². The van der Waals surface area contributed by atoms with Crippen LogP contribution in [-0.2, 0) is 11.8 Å². The molecule has 1 aromatic rings. The van der Waals surface area contributed by atoms with E-state index in [1.54, 1.807) is 7.05 Å². The zero-order valence-corrected chi connectivity index (χ0v) is 8.99. The van der Waals surface area contributed by atoms with E-state index in [4.69, 9.17) is 11.6 Å². The molecule has 5 nitrogen and oxygen atoms in total.